The second kappa shape index (κ2) is 10.2. The minimum Gasteiger partial charge on any atom is -0.481 e. The Morgan fingerprint density at radius 1 is 1.14 bits per heavy atom. The molecule has 1 unspecified atom stereocenters. The van der Waals surface area contributed by atoms with Crippen LogP contribution in [0.25, 0.3) is 0 Å². The standard InChI is InChI=1S/C20H25N3O5/c1-2-3-4-5-10-16(20(27)28)23-12-17(21-13-23)22-19(26)15-9-7-6-8-14(15)11-18(24)25/h6-9,12-13,16H,2-5,10-11H2,1H3,(H,22,26)(H,24,25)(H,27,28). The normalized spacial score (nSPS) is 11.8. The van der Waals surface area contributed by atoms with Gasteiger partial charge in [-0.05, 0) is 18.1 Å². The van der Waals surface area contributed by atoms with Crippen LogP contribution in [0.4, 0.5) is 5.82 Å². The van der Waals surface area contributed by atoms with Crippen LogP contribution >= 0.6 is 0 Å². The molecule has 2 aromatic rings. The van der Waals surface area contributed by atoms with E-state index in [4.69, 9.17) is 5.11 Å². The number of aromatic nitrogens is 2. The fourth-order valence-electron chi connectivity index (χ4n) is 2.98. The van der Waals surface area contributed by atoms with Crippen LogP contribution in [0.2, 0.25) is 0 Å². The van der Waals surface area contributed by atoms with Crippen LogP contribution in [0.1, 0.15) is 61.0 Å². The first-order valence-corrected chi connectivity index (χ1v) is 9.29. The zero-order valence-electron chi connectivity index (χ0n) is 15.8. The summed E-state index contributed by atoms with van der Waals surface area (Å²) in [7, 11) is 0. The molecule has 1 aromatic heterocycles. The van der Waals surface area contributed by atoms with E-state index < -0.39 is 23.9 Å². The fourth-order valence-corrected chi connectivity index (χ4v) is 2.98. The third-order valence-corrected chi connectivity index (χ3v) is 4.42. The van der Waals surface area contributed by atoms with E-state index in [-0.39, 0.29) is 17.8 Å². The fraction of sp³-hybridized carbons (Fsp3) is 0.400. The van der Waals surface area contributed by atoms with Gasteiger partial charge in [0.1, 0.15) is 6.04 Å². The highest BCUT2D eigenvalue weighted by molar-refractivity contribution is 6.05. The highest BCUT2D eigenvalue weighted by atomic mass is 16.4. The number of carbonyl (C=O) groups excluding carboxylic acids is 1. The van der Waals surface area contributed by atoms with Gasteiger partial charge in [-0.3, -0.25) is 9.59 Å². The quantitative estimate of drug-likeness (QED) is 0.508. The minimum absolute atomic E-state index is 0.218. The summed E-state index contributed by atoms with van der Waals surface area (Å²) in [5, 5.41) is 21.1. The van der Waals surface area contributed by atoms with Gasteiger partial charge in [-0.1, -0.05) is 50.8 Å². The van der Waals surface area contributed by atoms with Gasteiger partial charge in [-0.25, -0.2) is 9.78 Å². The van der Waals surface area contributed by atoms with E-state index in [1.165, 1.54) is 17.1 Å². The van der Waals surface area contributed by atoms with Crippen molar-refractivity contribution in [3.63, 3.8) is 0 Å². The number of rotatable bonds is 11. The van der Waals surface area contributed by atoms with Crippen molar-refractivity contribution in [1.29, 1.82) is 0 Å². The zero-order chi connectivity index (χ0) is 20.5. The second-order valence-corrected chi connectivity index (χ2v) is 6.59. The molecule has 0 saturated carbocycles. The number of carbonyl (C=O) groups is 3. The molecule has 1 heterocycles. The Bertz CT molecular complexity index is 831. The maximum atomic E-state index is 12.5. The van der Waals surface area contributed by atoms with Gasteiger partial charge in [-0.15, -0.1) is 0 Å². The number of nitrogens with zero attached hydrogens (tertiary/aromatic N) is 2. The van der Waals surface area contributed by atoms with Crippen molar-refractivity contribution in [1.82, 2.24) is 9.55 Å². The number of carboxylic acids is 2. The molecule has 1 amide bonds. The molecule has 0 radical (unpaired) electrons. The summed E-state index contributed by atoms with van der Waals surface area (Å²) in [6.07, 6.45) is 6.99. The molecule has 2 rings (SSSR count). The molecule has 8 heteroatoms. The van der Waals surface area contributed by atoms with Crippen LogP contribution in [-0.4, -0.2) is 37.6 Å². The largest absolute Gasteiger partial charge is 0.481 e. The van der Waals surface area contributed by atoms with Crippen LogP contribution in [0.5, 0.6) is 0 Å². The Hall–Kier alpha value is -3.16. The van der Waals surface area contributed by atoms with Gasteiger partial charge in [0.05, 0.1) is 12.7 Å². The number of aliphatic carboxylic acids is 2. The summed E-state index contributed by atoms with van der Waals surface area (Å²) in [5.41, 5.74) is 0.639. The zero-order valence-corrected chi connectivity index (χ0v) is 15.8. The second-order valence-electron chi connectivity index (χ2n) is 6.59. The molecule has 1 aromatic carbocycles. The number of hydrogen-bond acceptors (Lipinski definition) is 4. The Labute approximate surface area is 163 Å². The highest BCUT2D eigenvalue weighted by Gasteiger charge is 2.20. The summed E-state index contributed by atoms with van der Waals surface area (Å²) in [5.74, 6) is -2.25. The molecule has 0 aliphatic heterocycles. The molecular formula is C20H25N3O5. The molecule has 3 N–H and O–H groups in total. The van der Waals surface area contributed by atoms with Gasteiger partial charge in [0.2, 0.25) is 0 Å². The highest BCUT2D eigenvalue weighted by Crippen LogP contribution is 2.19. The van der Waals surface area contributed by atoms with Crippen molar-refractivity contribution in [2.75, 3.05) is 5.32 Å². The van der Waals surface area contributed by atoms with Crippen molar-refractivity contribution in [3.05, 3.63) is 47.9 Å². The van der Waals surface area contributed by atoms with Gasteiger partial charge >= 0.3 is 11.9 Å². The third kappa shape index (κ3) is 5.94. The molecule has 0 saturated heterocycles. The molecule has 0 aliphatic rings. The topological polar surface area (TPSA) is 122 Å². The van der Waals surface area contributed by atoms with Crippen molar-refractivity contribution in [2.24, 2.45) is 0 Å². The lowest BCUT2D eigenvalue weighted by Crippen LogP contribution is -2.18. The number of benzene rings is 1. The summed E-state index contributed by atoms with van der Waals surface area (Å²) in [6.45, 7) is 2.09. The van der Waals surface area contributed by atoms with Crippen molar-refractivity contribution in [2.45, 2.75) is 51.5 Å². The van der Waals surface area contributed by atoms with Crippen molar-refractivity contribution >= 4 is 23.7 Å². The Morgan fingerprint density at radius 2 is 1.89 bits per heavy atom. The summed E-state index contributed by atoms with van der Waals surface area (Å²) < 4.78 is 1.48. The average Bonchev–Trinajstić information content (AvgIpc) is 3.09. The maximum Gasteiger partial charge on any atom is 0.326 e. The van der Waals surface area contributed by atoms with Gasteiger partial charge < -0.3 is 20.1 Å². The molecule has 0 fully saturated rings. The van der Waals surface area contributed by atoms with Gasteiger partial charge in [0, 0.05) is 11.8 Å². The van der Waals surface area contributed by atoms with E-state index in [1.807, 2.05) is 0 Å². The van der Waals surface area contributed by atoms with Crippen molar-refractivity contribution < 1.29 is 24.6 Å². The molecule has 150 valence electrons. The monoisotopic (exact) mass is 387 g/mol. The van der Waals surface area contributed by atoms with E-state index in [1.54, 1.807) is 24.3 Å². The van der Waals surface area contributed by atoms with Crippen LogP contribution in [0.15, 0.2) is 36.8 Å². The third-order valence-electron chi connectivity index (χ3n) is 4.42. The number of anilines is 1. The van der Waals surface area contributed by atoms with E-state index in [0.29, 0.717) is 12.0 Å². The number of hydrogen-bond donors (Lipinski definition) is 3. The Kier molecular flexibility index (Phi) is 7.74. The van der Waals surface area contributed by atoms with E-state index in [9.17, 15) is 19.5 Å². The predicted octanol–water partition coefficient (Wildman–Crippen LogP) is 3.36. The van der Waals surface area contributed by atoms with E-state index in [2.05, 4.69) is 17.2 Å². The van der Waals surface area contributed by atoms with Crippen molar-refractivity contribution in [3.8, 4) is 0 Å². The minimum atomic E-state index is -1.03. The first-order chi connectivity index (χ1) is 13.4. The van der Waals surface area contributed by atoms with E-state index >= 15 is 0 Å². The number of unbranched alkanes of at least 4 members (excludes halogenated alkanes) is 3. The van der Waals surface area contributed by atoms with E-state index in [0.717, 1.165) is 25.7 Å². The molecular weight excluding hydrogens is 362 g/mol. The molecule has 0 spiro atoms. The number of imidazole rings is 1. The van der Waals surface area contributed by atoms with Crippen LogP contribution in [0.3, 0.4) is 0 Å². The molecule has 0 aliphatic carbocycles. The molecule has 1 atom stereocenters. The van der Waals surface area contributed by atoms with Crippen LogP contribution in [-0.2, 0) is 16.0 Å². The number of amides is 1. The molecule has 8 nitrogen and oxygen atoms in total. The lowest BCUT2D eigenvalue weighted by Gasteiger charge is -2.13. The summed E-state index contributed by atoms with van der Waals surface area (Å²) >= 11 is 0. The lowest BCUT2D eigenvalue weighted by atomic mass is 10.0. The summed E-state index contributed by atoms with van der Waals surface area (Å²) in [4.78, 5) is 39.1. The first-order valence-electron chi connectivity index (χ1n) is 9.29. The van der Waals surface area contributed by atoms with Gasteiger partial charge in [-0.2, -0.15) is 0 Å². The Balaban J connectivity index is 2.08. The number of carboxylic acid groups (broad SMARTS) is 2. The average molecular weight is 387 g/mol. The lowest BCUT2D eigenvalue weighted by molar-refractivity contribution is -0.141. The molecule has 28 heavy (non-hydrogen) atoms. The summed E-state index contributed by atoms with van der Waals surface area (Å²) in [6, 6.07) is 5.70. The van der Waals surface area contributed by atoms with Gasteiger partial charge in [0.25, 0.3) is 5.91 Å². The first kappa shape index (κ1) is 21.1. The Morgan fingerprint density at radius 3 is 2.57 bits per heavy atom. The van der Waals surface area contributed by atoms with Gasteiger partial charge in [0.15, 0.2) is 5.82 Å². The maximum absolute atomic E-state index is 12.5. The smallest absolute Gasteiger partial charge is 0.326 e. The molecule has 0 bridgehead atoms. The SMILES string of the molecule is CCCCCCC(C(=O)O)n1cnc(NC(=O)c2ccccc2CC(=O)O)c1. The van der Waals surface area contributed by atoms with Crippen LogP contribution in [0, 0.1) is 0 Å². The predicted molar refractivity (Wildman–Crippen MR) is 103 cm³/mol. The number of nitrogens with one attached hydrogen (secondary N) is 1. The van der Waals surface area contributed by atoms with Crippen LogP contribution < -0.4 is 5.32 Å².